The van der Waals surface area contributed by atoms with Crippen LogP contribution in [0.15, 0.2) is 0 Å². The van der Waals surface area contributed by atoms with E-state index in [1.165, 1.54) is 6.42 Å². The van der Waals surface area contributed by atoms with Crippen LogP contribution in [0.1, 0.15) is 6.42 Å². The van der Waals surface area contributed by atoms with Gasteiger partial charge in [-0.15, -0.1) is 23.5 Å². The molecule has 41 valence electrons. The van der Waals surface area contributed by atoms with E-state index in [1.807, 2.05) is 23.5 Å². The highest BCUT2D eigenvalue weighted by molar-refractivity contribution is 8.18. The van der Waals surface area contributed by atoms with E-state index in [4.69, 9.17) is 0 Å². The number of hydrogen-bond donors (Lipinski definition) is 0. The summed E-state index contributed by atoms with van der Waals surface area (Å²) in [5, 5.41) is 0. The minimum atomic E-state index is 0.542. The Bertz CT molecular complexity index is 60.5. The van der Waals surface area contributed by atoms with E-state index in [-0.39, 0.29) is 0 Å². The molecule has 0 saturated heterocycles. The van der Waals surface area contributed by atoms with E-state index in [1.54, 1.807) is 0 Å². The van der Waals surface area contributed by atoms with Gasteiger partial charge < -0.3 is 0 Å². The summed E-state index contributed by atoms with van der Waals surface area (Å²) in [6, 6.07) is 0. The highest BCUT2D eigenvalue weighted by Crippen LogP contribution is 2.53. The first kappa shape index (κ1) is 5.83. The highest BCUT2D eigenvalue weighted by atomic mass is 32.2. The van der Waals surface area contributed by atoms with Crippen molar-refractivity contribution in [2.24, 2.45) is 0 Å². The van der Waals surface area contributed by atoms with Crippen LogP contribution in [0.4, 0.5) is 0 Å². The van der Waals surface area contributed by atoms with Gasteiger partial charge in [-0.1, -0.05) is 0 Å². The van der Waals surface area contributed by atoms with E-state index >= 15 is 0 Å². The smallest absolute Gasteiger partial charge is 0.0641 e. The largest absolute Gasteiger partial charge is 0.147 e. The van der Waals surface area contributed by atoms with Crippen LogP contribution in [0, 0.1) is 6.42 Å². The summed E-state index contributed by atoms with van der Waals surface area (Å²) in [5.41, 5.74) is 0. The Morgan fingerprint density at radius 3 is 1.86 bits per heavy atom. The predicted molar refractivity (Wildman–Crippen MR) is 38.7 cm³/mol. The molecule has 0 atom stereocenters. The molecule has 0 spiro atoms. The molecule has 0 aromatic rings. The van der Waals surface area contributed by atoms with Crippen LogP contribution in [0.3, 0.4) is 0 Å². The summed E-state index contributed by atoms with van der Waals surface area (Å²) in [5.74, 6) is 0. The van der Waals surface area contributed by atoms with Crippen molar-refractivity contribution in [2.45, 2.75) is 10.5 Å². The van der Waals surface area contributed by atoms with Gasteiger partial charge in [0.25, 0.3) is 0 Å². The summed E-state index contributed by atoms with van der Waals surface area (Å²) in [4.78, 5) is 0. The lowest BCUT2D eigenvalue weighted by molar-refractivity contribution is 1.43. The van der Waals surface area contributed by atoms with Crippen molar-refractivity contribution in [3.8, 4) is 0 Å². The minimum absolute atomic E-state index is 0.542. The quantitative estimate of drug-likeness (QED) is 0.529. The highest BCUT2D eigenvalue weighted by Gasteiger charge is 2.41. The van der Waals surface area contributed by atoms with Crippen molar-refractivity contribution >= 4 is 23.5 Å². The fourth-order valence-electron chi connectivity index (χ4n) is 0.500. The van der Waals surface area contributed by atoms with Gasteiger partial charge in [-0.25, -0.2) is 0 Å². The lowest BCUT2D eigenvalue weighted by atomic mass is 10.9. The lowest BCUT2D eigenvalue weighted by Crippen LogP contribution is -1.89. The molecule has 1 saturated carbocycles. The number of hydrogen-bond acceptors (Lipinski definition) is 2. The molecule has 1 rings (SSSR count). The second-order valence-electron chi connectivity index (χ2n) is 1.63. The lowest BCUT2D eigenvalue weighted by Gasteiger charge is -2.03. The van der Waals surface area contributed by atoms with Crippen molar-refractivity contribution in [3.63, 3.8) is 0 Å². The van der Waals surface area contributed by atoms with Crippen LogP contribution in [-0.4, -0.2) is 16.6 Å². The van der Waals surface area contributed by atoms with Gasteiger partial charge in [-0.3, -0.25) is 0 Å². The normalized spacial score (nSPS) is 24.9. The van der Waals surface area contributed by atoms with Crippen LogP contribution in [0.5, 0.6) is 0 Å². The zero-order valence-corrected chi connectivity index (χ0v) is 6.23. The molecular weight excluding hydrogens is 124 g/mol. The molecule has 0 nitrogen and oxygen atoms in total. The third kappa shape index (κ3) is 1.08. The molecule has 0 heterocycles. The summed E-state index contributed by atoms with van der Waals surface area (Å²) in [7, 11) is 0. The Hall–Kier alpha value is 0.700. The molecule has 0 unspecified atom stereocenters. The first-order valence-electron chi connectivity index (χ1n) is 2.28. The minimum Gasteiger partial charge on any atom is -0.147 e. The van der Waals surface area contributed by atoms with Gasteiger partial charge in [-0.05, 0) is 25.4 Å². The fraction of sp³-hybridized carbons (Fsp3) is 0.800. The Morgan fingerprint density at radius 2 is 1.86 bits per heavy atom. The fourth-order valence-corrected chi connectivity index (χ4v) is 2.00. The van der Waals surface area contributed by atoms with E-state index in [2.05, 4.69) is 18.9 Å². The summed E-state index contributed by atoms with van der Waals surface area (Å²) in [6.07, 6.45) is 7.98. The van der Waals surface area contributed by atoms with Crippen molar-refractivity contribution < 1.29 is 0 Å². The van der Waals surface area contributed by atoms with Crippen molar-refractivity contribution in [1.82, 2.24) is 0 Å². The van der Waals surface area contributed by atoms with E-state index in [0.29, 0.717) is 4.08 Å². The zero-order valence-electron chi connectivity index (χ0n) is 4.60. The molecule has 2 heteroatoms. The van der Waals surface area contributed by atoms with Crippen LogP contribution in [0.25, 0.3) is 0 Å². The van der Waals surface area contributed by atoms with Gasteiger partial charge in [-0.2, -0.15) is 0 Å². The van der Waals surface area contributed by atoms with Crippen molar-refractivity contribution in [1.29, 1.82) is 0 Å². The Labute approximate surface area is 53.4 Å². The number of rotatable bonds is 2. The maximum Gasteiger partial charge on any atom is 0.0641 e. The average Bonchev–Trinajstić information content (AvgIpc) is 2.46. The number of thioether (sulfide) groups is 2. The molecule has 1 radical (unpaired) electrons. The second-order valence-corrected chi connectivity index (χ2v) is 4.16. The van der Waals surface area contributed by atoms with Gasteiger partial charge >= 0.3 is 0 Å². The first-order chi connectivity index (χ1) is 3.33. The van der Waals surface area contributed by atoms with Crippen molar-refractivity contribution in [3.05, 3.63) is 6.42 Å². The third-order valence-corrected chi connectivity index (χ3v) is 4.28. The molecule has 0 aromatic carbocycles. The monoisotopic (exact) mass is 133 g/mol. The standard InChI is InChI=1S/C5H9S2/c1-6-5(7-2)3-4-5/h3H,4H2,1-2H3. The van der Waals surface area contributed by atoms with Gasteiger partial charge in [0.15, 0.2) is 0 Å². The molecule has 1 aliphatic carbocycles. The Morgan fingerprint density at radius 1 is 1.43 bits per heavy atom. The summed E-state index contributed by atoms with van der Waals surface area (Å²) >= 11 is 3.89. The summed E-state index contributed by atoms with van der Waals surface area (Å²) in [6.45, 7) is 0. The maximum atomic E-state index is 2.35. The van der Waals surface area contributed by atoms with E-state index in [9.17, 15) is 0 Å². The van der Waals surface area contributed by atoms with Crippen LogP contribution >= 0.6 is 23.5 Å². The molecule has 1 aliphatic rings. The van der Waals surface area contributed by atoms with Gasteiger partial charge in [0.1, 0.15) is 0 Å². The van der Waals surface area contributed by atoms with E-state index < -0.39 is 0 Å². The van der Waals surface area contributed by atoms with Crippen LogP contribution in [0.2, 0.25) is 0 Å². The Kier molecular flexibility index (Phi) is 1.58. The second kappa shape index (κ2) is 1.90. The molecule has 0 aliphatic heterocycles. The molecule has 7 heavy (non-hydrogen) atoms. The molecule has 0 N–H and O–H groups in total. The van der Waals surface area contributed by atoms with Gasteiger partial charge in [0.05, 0.1) is 4.08 Å². The zero-order chi connectivity index (χ0) is 5.33. The average molecular weight is 133 g/mol. The SMILES string of the molecule is CSC1(SC)[CH]C1. The predicted octanol–water partition coefficient (Wildman–Crippen LogP) is 2.02. The van der Waals surface area contributed by atoms with Gasteiger partial charge in [0, 0.05) is 0 Å². The van der Waals surface area contributed by atoms with Gasteiger partial charge in [0.2, 0.25) is 0 Å². The first-order valence-corrected chi connectivity index (χ1v) is 4.72. The van der Waals surface area contributed by atoms with E-state index in [0.717, 1.165) is 0 Å². The van der Waals surface area contributed by atoms with Crippen LogP contribution in [-0.2, 0) is 0 Å². The van der Waals surface area contributed by atoms with Crippen LogP contribution < -0.4 is 0 Å². The Balaban J connectivity index is 2.28. The molecule has 0 amide bonds. The topological polar surface area (TPSA) is 0 Å². The van der Waals surface area contributed by atoms with Crippen molar-refractivity contribution in [2.75, 3.05) is 12.5 Å². The summed E-state index contributed by atoms with van der Waals surface area (Å²) < 4.78 is 0.542. The molecule has 1 fully saturated rings. The third-order valence-electron chi connectivity index (χ3n) is 1.23. The maximum absolute atomic E-state index is 2.35. The molecular formula is C5H9S2. The molecule has 0 bridgehead atoms. The molecule has 0 aromatic heterocycles.